The quantitative estimate of drug-likeness (QED) is 0.590. The van der Waals surface area contributed by atoms with E-state index in [9.17, 15) is 10.2 Å². The molecule has 3 nitrogen and oxygen atoms in total. The van der Waals surface area contributed by atoms with Crippen molar-refractivity contribution in [2.24, 2.45) is 5.92 Å². The molecule has 0 aromatic rings. The maximum Gasteiger partial charge on any atom is 0.103 e. The normalized spacial score (nSPS) is 15.9. The lowest BCUT2D eigenvalue weighted by Gasteiger charge is -2.24. The van der Waals surface area contributed by atoms with Gasteiger partial charge in [0.15, 0.2) is 0 Å². The Balaban J connectivity index is 3.78. The van der Waals surface area contributed by atoms with Gasteiger partial charge in [-0.2, -0.15) is 0 Å². The van der Waals surface area contributed by atoms with Crippen molar-refractivity contribution in [2.75, 3.05) is 13.2 Å². The molecular formula is C11H24O3. The molecule has 0 aliphatic carbocycles. The lowest BCUT2D eigenvalue weighted by Crippen LogP contribution is -2.36. The summed E-state index contributed by atoms with van der Waals surface area (Å²) in [6.07, 6.45) is 1.33. The molecule has 0 aromatic carbocycles. The van der Waals surface area contributed by atoms with Crippen molar-refractivity contribution >= 4 is 0 Å². The van der Waals surface area contributed by atoms with E-state index >= 15 is 0 Å². The van der Waals surface area contributed by atoms with Crippen LogP contribution in [0.1, 0.15) is 40.0 Å². The second kappa shape index (κ2) is 8.21. The van der Waals surface area contributed by atoms with Crippen LogP contribution >= 0.6 is 0 Å². The van der Waals surface area contributed by atoms with Gasteiger partial charge >= 0.3 is 0 Å². The van der Waals surface area contributed by atoms with Crippen LogP contribution in [0.15, 0.2) is 0 Å². The summed E-state index contributed by atoms with van der Waals surface area (Å²) in [5.41, 5.74) is 0. The summed E-state index contributed by atoms with van der Waals surface area (Å²) >= 11 is 0. The molecule has 0 spiro atoms. The van der Waals surface area contributed by atoms with Crippen molar-refractivity contribution < 1.29 is 14.9 Å². The summed E-state index contributed by atoms with van der Waals surface area (Å²) in [7, 11) is 0. The maximum atomic E-state index is 9.75. The smallest absolute Gasteiger partial charge is 0.103 e. The van der Waals surface area contributed by atoms with E-state index in [0.29, 0.717) is 6.61 Å². The highest BCUT2D eigenvalue weighted by Crippen LogP contribution is 2.16. The van der Waals surface area contributed by atoms with Crippen molar-refractivity contribution in [3.05, 3.63) is 0 Å². The first-order chi connectivity index (χ1) is 6.67. The van der Waals surface area contributed by atoms with E-state index in [1.165, 1.54) is 0 Å². The Morgan fingerprint density at radius 3 is 2.07 bits per heavy atom. The van der Waals surface area contributed by atoms with E-state index in [-0.39, 0.29) is 12.5 Å². The van der Waals surface area contributed by atoms with Gasteiger partial charge in [-0.15, -0.1) is 0 Å². The van der Waals surface area contributed by atoms with Gasteiger partial charge in [-0.25, -0.2) is 0 Å². The molecule has 0 fully saturated rings. The van der Waals surface area contributed by atoms with Gasteiger partial charge in [0.2, 0.25) is 0 Å². The van der Waals surface area contributed by atoms with E-state index in [2.05, 4.69) is 0 Å². The predicted octanol–water partition coefficient (Wildman–Crippen LogP) is 1.57. The molecule has 2 unspecified atom stereocenters. The number of hydrogen-bond donors (Lipinski definition) is 2. The minimum Gasteiger partial charge on any atom is -0.390 e. The molecule has 2 atom stereocenters. The maximum absolute atomic E-state index is 9.75. The largest absolute Gasteiger partial charge is 0.390 e. The van der Waals surface area contributed by atoms with Gasteiger partial charge in [0.05, 0.1) is 12.7 Å². The van der Waals surface area contributed by atoms with E-state index in [0.717, 1.165) is 19.3 Å². The van der Waals surface area contributed by atoms with Gasteiger partial charge < -0.3 is 14.9 Å². The molecule has 0 bridgehead atoms. The molecule has 0 aliphatic rings. The van der Waals surface area contributed by atoms with Crippen LogP contribution < -0.4 is 0 Å². The molecule has 0 saturated carbocycles. The zero-order valence-electron chi connectivity index (χ0n) is 9.57. The van der Waals surface area contributed by atoms with E-state index in [1.807, 2.05) is 20.8 Å². The monoisotopic (exact) mass is 204 g/mol. The van der Waals surface area contributed by atoms with E-state index in [1.54, 1.807) is 0 Å². The van der Waals surface area contributed by atoms with Crippen molar-refractivity contribution in [1.29, 1.82) is 0 Å². The second-order valence-corrected chi connectivity index (χ2v) is 3.71. The van der Waals surface area contributed by atoms with E-state index in [4.69, 9.17) is 4.74 Å². The molecule has 86 valence electrons. The molecule has 3 heteroatoms. The molecule has 0 rings (SSSR count). The topological polar surface area (TPSA) is 49.7 Å². The van der Waals surface area contributed by atoms with Gasteiger partial charge in [0, 0.05) is 6.61 Å². The van der Waals surface area contributed by atoms with Crippen LogP contribution in [0.4, 0.5) is 0 Å². The van der Waals surface area contributed by atoms with Crippen LogP contribution in [0.25, 0.3) is 0 Å². The third kappa shape index (κ3) is 4.94. The predicted molar refractivity (Wildman–Crippen MR) is 57.2 cm³/mol. The fourth-order valence-electron chi connectivity index (χ4n) is 1.53. The van der Waals surface area contributed by atoms with Crippen molar-refractivity contribution in [3.63, 3.8) is 0 Å². The highest BCUT2D eigenvalue weighted by atomic mass is 16.5. The lowest BCUT2D eigenvalue weighted by atomic mass is 9.93. The molecular weight excluding hydrogens is 180 g/mol. The zero-order valence-corrected chi connectivity index (χ0v) is 9.57. The Labute approximate surface area is 87.1 Å². The number of hydrogen-bond acceptors (Lipinski definition) is 3. The van der Waals surface area contributed by atoms with Crippen LogP contribution in [-0.4, -0.2) is 35.6 Å². The number of aliphatic hydroxyl groups excluding tert-OH is 2. The van der Waals surface area contributed by atoms with Crippen LogP contribution in [0.3, 0.4) is 0 Å². The Bertz CT molecular complexity index is 124. The Kier molecular flexibility index (Phi) is 8.14. The van der Waals surface area contributed by atoms with Gasteiger partial charge in [-0.05, 0) is 12.3 Å². The average Bonchev–Trinajstić information content (AvgIpc) is 2.19. The Morgan fingerprint density at radius 2 is 1.64 bits per heavy atom. The summed E-state index contributed by atoms with van der Waals surface area (Å²) in [5, 5.41) is 19.3. The Hall–Kier alpha value is -0.120. The van der Waals surface area contributed by atoms with Crippen LogP contribution in [0.5, 0.6) is 0 Å². The van der Waals surface area contributed by atoms with Crippen LogP contribution in [-0.2, 0) is 4.74 Å². The number of rotatable bonds is 8. The summed E-state index contributed by atoms with van der Waals surface area (Å²) in [6, 6.07) is 0. The number of ether oxygens (including phenoxy) is 1. The first-order valence-electron chi connectivity index (χ1n) is 5.61. The van der Waals surface area contributed by atoms with Crippen molar-refractivity contribution in [2.45, 2.75) is 52.2 Å². The molecule has 0 heterocycles. The Morgan fingerprint density at radius 1 is 1.07 bits per heavy atom. The minimum absolute atomic E-state index is 0.176. The zero-order chi connectivity index (χ0) is 11.0. The molecule has 0 saturated heterocycles. The second-order valence-electron chi connectivity index (χ2n) is 3.71. The van der Waals surface area contributed by atoms with Gasteiger partial charge in [0.1, 0.15) is 6.10 Å². The highest BCUT2D eigenvalue weighted by molar-refractivity contribution is 4.73. The fraction of sp³-hybridized carbons (Fsp3) is 1.00. The minimum atomic E-state index is -0.744. The van der Waals surface area contributed by atoms with Crippen LogP contribution in [0.2, 0.25) is 0 Å². The third-order valence-electron chi connectivity index (χ3n) is 2.56. The average molecular weight is 204 g/mol. The summed E-state index contributed by atoms with van der Waals surface area (Å²) in [5.74, 6) is 0.176. The highest BCUT2D eigenvalue weighted by Gasteiger charge is 2.23. The molecule has 0 radical (unpaired) electrons. The molecule has 0 amide bonds. The third-order valence-corrected chi connectivity index (χ3v) is 2.56. The fourth-order valence-corrected chi connectivity index (χ4v) is 1.53. The SMILES string of the molecule is CCCOCC(O)C(O)C(CC)CC. The van der Waals surface area contributed by atoms with Gasteiger partial charge in [0.25, 0.3) is 0 Å². The first-order valence-corrected chi connectivity index (χ1v) is 5.61. The lowest BCUT2D eigenvalue weighted by molar-refractivity contribution is -0.0621. The molecule has 14 heavy (non-hydrogen) atoms. The summed E-state index contributed by atoms with van der Waals surface area (Å²) < 4.78 is 5.19. The summed E-state index contributed by atoms with van der Waals surface area (Å²) in [6.45, 7) is 6.95. The summed E-state index contributed by atoms with van der Waals surface area (Å²) in [4.78, 5) is 0. The van der Waals surface area contributed by atoms with Gasteiger partial charge in [-0.3, -0.25) is 0 Å². The molecule has 0 aromatic heterocycles. The molecule has 2 N–H and O–H groups in total. The first kappa shape index (κ1) is 13.9. The van der Waals surface area contributed by atoms with E-state index < -0.39 is 12.2 Å². The van der Waals surface area contributed by atoms with Crippen molar-refractivity contribution in [3.8, 4) is 0 Å². The number of aliphatic hydroxyl groups is 2. The molecule has 0 aliphatic heterocycles. The van der Waals surface area contributed by atoms with Gasteiger partial charge in [-0.1, -0.05) is 33.6 Å². The van der Waals surface area contributed by atoms with Crippen LogP contribution in [0, 0.1) is 5.92 Å². The van der Waals surface area contributed by atoms with Crippen molar-refractivity contribution in [1.82, 2.24) is 0 Å². The standard InChI is InChI=1S/C11H24O3/c1-4-7-14-8-10(12)11(13)9(5-2)6-3/h9-13H,4-8H2,1-3H3.